The Bertz CT molecular complexity index is 1460. The smallest absolute Gasteiger partial charge is 0.359 e. The molecule has 0 unspecified atom stereocenters. The summed E-state index contributed by atoms with van der Waals surface area (Å²) in [5, 5.41) is 9.64. The first-order chi connectivity index (χ1) is 17.9. The van der Waals surface area contributed by atoms with Gasteiger partial charge in [0.1, 0.15) is 16.5 Å². The molecule has 1 N–H and O–H groups in total. The molecule has 192 valence electrons. The molecule has 37 heavy (non-hydrogen) atoms. The minimum atomic E-state index is -0.655. The molecule has 2 aromatic heterocycles. The molecule has 4 rings (SSSR count). The fourth-order valence-corrected chi connectivity index (χ4v) is 4.70. The SMILES string of the molecule is CCOC(=O)c1nn(-c2ccc(OCC)cc2)c(=O)c2c(NC(=O)Cc3ccc(OCC)cc3)scc12. The van der Waals surface area contributed by atoms with Crippen molar-refractivity contribution in [3.05, 3.63) is 75.5 Å². The number of carbonyl (C=O) groups is 2. The van der Waals surface area contributed by atoms with E-state index in [-0.39, 0.29) is 30.0 Å². The molecule has 10 heteroatoms. The van der Waals surface area contributed by atoms with Crippen molar-refractivity contribution in [3.8, 4) is 17.2 Å². The number of nitrogens with one attached hydrogen (secondary N) is 1. The van der Waals surface area contributed by atoms with E-state index in [0.717, 1.165) is 27.3 Å². The number of carbonyl (C=O) groups excluding carboxylic acids is 2. The lowest BCUT2D eigenvalue weighted by Gasteiger charge is -2.11. The average Bonchev–Trinajstić information content (AvgIpc) is 3.30. The third kappa shape index (κ3) is 5.80. The van der Waals surface area contributed by atoms with Crippen molar-refractivity contribution in [2.45, 2.75) is 27.2 Å². The number of benzene rings is 2. The van der Waals surface area contributed by atoms with Crippen molar-refractivity contribution in [1.82, 2.24) is 9.78 Å². The van der Waals surface area contributed by atoms with Crippen LogP contribution < -0.4 is 20.3 Å². The molecule has 2 heterocycles. The molecule has 0 saturated carbocycles. The summed E-state index contributed by atoms with van der Waals surface area (Å²) in [6, 6.07) is 14.0. The average molecular weight is 522 g/mol. The standard InChI is InChI=1S/C27H27N3O6S/c1-4-34-19-11-7-17(8-12-19)15-22(31)28-25-23-21(16-37-25)24(27(33)36-6-3)29-30(26(23)32)18-9-13-20(14-10-18)35-5-2/h7-14,16H,4-6,15H2,1-3H3,(H,28,31). The number of ether oxygens (including phenoxy) is 3. The summed E-state index contributed by atoms with van der Waals surface area (Å²) in [6.07, 6.45) is 0.106. The minimum Gasteiger partial charge on any atom is -0.494 e. The molecule has 0 aliphatic carbocycles. The van der Waals surface area contributed by atoms with E-state index in [1.165, 1.54) is 0 Å². The third-order valence-corrected chi connectivity index (χ3v) is 6.26. The van der Waals surface area contributed by atoms with E-state index < -0.39 is 11.5 Å². The van der Waals surface area contributed by atoms with Crippen molar-refractivity contribution >= 4 is 39.0 Å². The number of aromatic nitrogens is 2. The third-order valence-electron chi connectivity index (χ3n) is 5.37. The van der Waals surface area contributed by atoms with Gasteiger partial charge in [-0.05, 0) is 62.7 Å². The molecule has 0 saturated heterocycles. The number of thiophene rings is 1. The van der Waals surface area contributed by atoms with Crippen LogP contribution in [-0.4, -0.2) is 41.5 Å². The van der Waals surface area contributed by atoms with Crippen LogP contribution in [0.1, 0.15) is 36.8 Å². The topological polar surface area (TPSA) is 109 Å². The van der Waals surface area contributed by atoms with Crippen LogP contribution in [0.5, 0.6) is 11.5 Å². The van der Waals surface area contributed by atoms with Crippen molar-refractivity contribution in [2.75, 3.05) is 25.1 Å². The Balaban J connectivity index is 1.70. The first-order valence-corrected chi connectivity index (χ1v) is 12.8. The first-order valence-electron chi connectivity index (χ1n) is 11.9. The van der Waals surface area contributed by atoms with Crippen LogP contribution in [0.2, 0.25) is 0 Å². The van der Waals surface area contributed by atoms with Gasteiger partial charge in [0.2, 0.25) is 5.91 Å². The lowest BCUT2D eigenvalue weighted by Crippen LogP contribution is -2.25. The quantitative estimate of drug-likeness (QED) is 0.304. The van der Waals surface area contributed by atoms with Gasteiger partial charge in [-0.15, -0.1) is 11.3 Å². The predicted molar refractivity (Wildman–Crippen MR) is 142 cm³/mol. The van der Waals surface area contributed by atoms with Gasteiger partial charge in [0.15, 0.2) is 5.69 Å². The normalized spacial score (nSPS) is 10.8. The zero-order valence-corrected chi connectivity index (χ0v) is 21.6. The largest absolute Gasteiger partial charge is 0.494 e. The lowest BCUT2D eigenvalue weighted by molar-refractivity contribution is -0.115. The highest BCUT2D eigenvalue weighted by Gasteiger charge is 2.23. The fraction of sp³-hybridized carbons (Fsp3) is 0.259. The van der Waals surface area contributed by atoms with Crippen LogP contribution in [0.4, 0.5) is 5.00 Å². The zero-order valence-electron chi connectivity index (χ0n) is 20.8. The molecule has 0 atom stereocenters. The van der Waals surface area contributed by atoms with Gasteiger partial charge < -0.3 is 19.5 Å². The van der Waals surface area contributed by atoms with Crippen molar-refractivity contribution < 1.29 is 23.8 Å². The van der Waals surface area contributed by atoms with Gasteiger partial charge >= 0.3 is 5.97 Å². The Hall–Kier alpha value is -4.18. The highest BCUT2D eigenvalue weighted by atomic mass is 32.1. The second-order valence-electron chi connectivity index (χ2n) is 7.87. The van der Waals surface area contributed by atoms with E-state index in [9.17, 15) is 14.4 Å². The summed E-state index contributed by atoms with van der Waals surface area (Å²) in [4.78, 5) is 39.1. The van der Waals surface area contributed by atoms with Gasteiger partial charge in [-0.2, -0.15) is 9.78 Å². The summed E-state index contributed by atoms with van der Waals surface area (Å²) in [7, 11) is 0. The molecular weight excluding hydrogens is 494 g/mol. The van der Waals surface area contributed by atoms with Gasteiger partial charge in [0.05, 0.1) is 37.3 Å². The highest BCUT2D eigenvalue weighted by Crippen LogP contribution is 2.31. The maximum absolute atomic E-state index is 13.6. The van der Waals surface area contributed by atoms with E-state index in [1.54, 1.807) is 48.7 Å². The van der Waals surface area contributed by atoms with Crippen molar-refractivity contribution in [3.63, 3.8) is 0 Å². The van der Waals surface area contributed by atoms with Crippen LogP contribution in [0.15, 0.2) is 58.7 Å². The van der Waals surface area contributed by atoms with Gasteiger partial charge in [0.25, 0.3) is 5.56 Å². The number of rotatable bonds is 10. The molecule has 1 amide bonds. The predicted octanol–water partition coefficient (Wildman–Crippen LogP) is 4.60. The molecule has 9 nitrogen and oxygen atoms in total. The van der Waals surface area contributed by atoms with E-state index in [2.05, 4.69) is 10.4 Å². The van der Waals surface area contributed by atoms with Crippen LogP contribution in [0.25, 0.3) is 16.5 Å². The molecule has 0 bridgehead atoms. The van der Waals surface area contributed by atoms with Gasteiger partial charge in [0, 0.05) is 10.8 Å². The lowest BCUT2D eigenvalue weighted by atomic mass is 10.1. The summed E-state index contributed by atoms with van der Waals surface area (Å²) in [5.41, 5.74) is 0.764. The second kappa shape index (κ2) is 11.7. The summed E-state index contributed by atoms with van der Waals surface area (Å²) in [6.45, 7) is 6.69. The van der Waals surface area contributed by atoms with Crippen LogP contribution >= 0.6 is 11.3 Å². The fourth-order valence-electron chi connectivity index (χ4n) is 3.74. The van der Waals surface area contributed by atoms with E-state index in [0.29, 0.717) is 35.0 Å². The number of hydrogen-bond donors (Lipinski definition) is 1. The van der Waals surface area contributed by atoms with E-state index in [4.69, 9.17) is 14.2 Å². The van der Waals surface area contributed by atoms with E-state index >= 15 is 0 Å². The minimum absolute atomic E-state index is 0.00593. The highest BCUT2D eigenvalue weighted by molar-refractivity contribution is 7.16. The number of esters is 1. The first kappa shape index (κ1) is 25.9. The summed E-state index contributed by atoms with van der Waals surface area (Å²) < 4.78 is 17.2. The molecule has 2 aromatic carbocycles. The molecule has 0 aliphatic rings. The molecule has 0 aliphatic heterocycles. The van der Waals surface area contributed by atoms with Crippen molar-refractivity contribution in [1.29, 1.82) is 0 Å². The van der Waals surface area contributed by atoms with E-state index in [1.807, 2.05) is 26.0 Å². The number of anilines is 1. The Kier molecular flexibility index (Phi) is 8.19. The number of hydrogen-bond acceptors (Lipinski definition) is 8. The monoisotopic (exact) mass is 521 g/mol. The van der Waals surface area contributed by atoms with Gasteiger partial charge in [-0.1, -0.05) is 12.1 Å². The summed E-state index contributed by atoms with van der Waals surface area (Å²) >= 11 is 1.15. The van der Waals surface area contributed by atoms with Crippen molar-refractivity contribution in [2.24, 2.45) is 0 Å². The number of nitrogens with zero attached hydrogens (tertiary/aromatic N) is 2. The maximum Gasteiger partial charge on any atom is 0.359 e. The Morgan fingerprint density at radius 1 is 0.919 bits per heavy atom. The Morgan fingerprint density at radius 2 is 1.54 bits per heavy atom. The Labute approximate surface area is 217 Å². The molecule has 0 radical (unpaired) electrons. The summed E-state index contributed by atoms with van der Waals surface area (Å²) in [5.74, 6) is 0.417. The maximum atomic E-state index is 13.6. The second-order valence-corrected chi connectivity index (χ2v) is 8.75. The molecule has 0 spiro atoms. The van der Waals surface area contributed by atoms with Crippen LogP contribution in [0, 0.1) is 0 Å². The Morgan fingerprint density at radius 3 is 2.14 bits per heavy atom. The van der Waals surface area contributed by atoms with Crippen LogP contribution in [0.3, 0.4) is 0 Å². The molecule has 4 aromatic rings. The number of fused-ring (bicyclic) bond motifs is 1. The number of amides is 1. The van der Waals surface area contributed by atoms with Gasteiger partial charge in [-0.3, -0.25) is 9.59 Å². The van der Waals surface area contributed by atoms with Gasteiger partial charge in [-0.25, -0.2) is 4.79 Å². The molecular formula is C27H27N3O6S. The zero-order chi connectivity index (χ0) is 26.4. The molecule has 0 fully saturated rings. The van der Waals surface area contributed by atoms with Crippen LogP contribution in [-0.2, 0) is 16.0 Å².